The minimum atomic E-state index is -0.177. The largest absolute Gasteiger partial charge is 0.381 e. The number of halogens is 1. The number of carbonyl (C=O) groups is 2. The first-order valence-electron chi connectivity index (χ1n) is 7.87. The predicted octanol–water partition coefficient (Wildman–Crippen LogP) is 3.00. The average Bonchev–Trinajstić information content (AvgIpc) is 2.57. The number of carbonyl (C=O) groups excluding carboxylic acids is 2. The molecule has 0 atom stereocenters. The molecule has 0 radical (unpaired) electrons. The van der Waals surface area contributed by atoms with Crippen LogP contribution in [0, 0.1) is 6.92 Å². The molecule has 0 saturated carbocycles. The third kappa shape index (κ3) is 4.94. The Labute approximate surface area is 141 Å². The van der Waals surface area contributed by atoms with E-state index < -0.39 is 0 Å². The van der Waals surface area contributed by atoms with Crippen molar-refractivity contribution in [2.45, 2.75) is 38.6 Å². The molecule has 2 amide bonds. The molecule has 1 aliphatic rings. The van der Waals surface area contributed by atoms with Gasteiger partial charge in [0.1, 0.15) is 0 Å². The lowest BCUT2D eigenvalue weighted by molar-refractivity contribution is -0.135. The van der Waals surface area contributed by atoms with Crippen molar-refractivity contribution in [2.75, 3.05) is 25.6 Å². The van der Waals surface area contributed by atoms with Gasteiger partial charge in [0.05, 0.1) is 0 Å². The number of nitrogens with one attached hydrogen (secondary N) is 1. The fourth-order valence-corrected chi connectivity index (χ4v) is 2.80. The van der Waals surface area contributed by atoms with Gasteiger partial charge in [-0.15, -0.1) is 0 Å². The third-order valence-corrected chi connectivity index (χ3v) is 4.65. The molecule has 1 aliphatic heterocycles. The molecule has 23 heavy (non-hydrogen) atoms. The van der Waals surface area contributed by atoms with Crippen molar-refractivity contribution in [3.05, 3.63) is 28.8 Å². The van der Waals surface area contributed by atoms with Gasteiger partial charge >= 0.3 is 0 Å². The summed E-state index contributed by atoms with van der Waals surface area (Å²) >= 11 is 6.03. The lowest BCUT2D eigenvalue weighted by atomic mass is 10.1. The van der Waals surface area contributed by atoms with Crippen LogP contribution >= 0.6 is 11.6 Å². The Hall–Kier alpha value is -1.59. The van der Waals surface area contributed by atoms with E-state index in [9.17, 15) is 9.59 Å². The number of benzene rings is 1. The second-order valence-corrected chi connectivity index (χ2v) is 6.22. The number of hydrogen-bond acceptors (Lipinski definition) is 3. The molecule has 5 nitrogen and oxygen atoms in total. The van der Waals surface area contributed by atoms with Gasteiger partial charge in [0.2, 0.25) is 11.8 Å². The lowest BCUT2D eigenvalue weighted by Gasteiger charge is -2.31. The van der Waals surface area contributed by atoms with Crippen LogP contribution in [0.5, 0.6) is 0 Å². The van der Waals surface area contributed by atoms with E-state index in [1.165, 1.54) is 0 Å². The highest BCUT2D eigenvalue weighted by molar-refractivity contribution is 6.31. The summed E-state index contributed by atoms with van der Waals surface area (Å²) in [5.41, 5.74) is 1.51. The Morgan fingerprint density at radius 1 is 1.30 bits per heavy atom. The van der Waals surface area contributed by atoms with Crippen LogP contribution in [0.2, 0.25) is 5.02 Å². The van der Waals surface area contributed by atoms with Crippen molar-refractivity contribution in [2.24, 2.45) is 0 Å². The highest BCUT2D eigenvalue weighted by Gasteiger charge is 2.22. The molecule has 1 saturated heterocycles. The van der Waals surface area contributed by atoms with E-state index in [0.717, 1.165) is 18.4 Å². The zero-order valence-corrected chi connectivity index (χ0v) is 14.4. The first kappa shape index (κ1) is 17.8. The van der Waals surface area contributed by atoms with Crippen molar-refractivity contribution in [3.63, 3.8) is 0 Å². The predicted molar refractivity (Wildman–Crippen MR) is 90.7 cm³/mol. The molecule has 0 spiro atoms. The van der Waals surface area contributed by atoms with Crippen LogP contribution in [0.25, 0.3) is 0 Å². The van der Waals surface area contributed by atoms with Gasteiger partial charge in [-0.2, -0.15) is 0 Å². The van der Waals surface area contributed by atoms with Gasteiger partial charge in [-0.05, 0) is 37.5 Å². The summed E-state index contributed by atoms with van der Waals surface area (Å²) in [6.45, 7) is 3.23. The topological polar surface area (TPSA) is 58.6 Å². The van der Waals surface area contributed by atoms with E-state index in [4.69, 9.17) is 16.3 Å². The molecule has 1 heterocycles. The van der Waals surface area contributed by atoms with Crippen LogP contribution in [0.4, 0.5) is 5.69 Å². The zero-order chi connectivity index (χ0) is 16.8. The molecule has 0 bridgehead atoms. The summed E-state index contributed by atoms with van der Waals surface area (Å²) in [4.78, 5) is 26.0. The quantitative estimate of drug-likeness (QED) is 0.897. The molecule has 1 aromatic rings. The molecule has 1 N–H and O–H groups in total. The summed E-state index contributed by atoms with van der Waals surface area (Å²) in [6.07, 6.45) is 2.09. The number of ether oxygens (including phenoxy) is 1. The maximum Gasteiger partial charge on any atom is 0.224 e. The third-order valence-electron chi connectivity index (χ3n) is 4.24. The van der Waals surface area contributed by atoms with E-state index in [2.05, 4.69) is 5.32 Å². The van der Waals surface area contributed by atoms with Crippen molar-refractivity contribution in [1.29, 1.82) is 0 Å². The van der Waals surface area contributed by atoms with E-state index in [-0.39, 0.29) is 30.7 Å². The number of anilines is 1. The van der Waals surface area contributed by atoms with Crippen LogP contribution in [-0.2, 0) is 14.3 Å². The van der Waals surface area contributed by atoms with Crippen molar-refractivity contribution in [3.8, 4) is 0 Å². The van der Waals surface area contributed by atoms with Crippen LogP contribution < -0.4 is 5.32 Å². The maximum atomic E-state index is 12.2. The number of rotatable bonds is 5. The Morgan fingerprint density at radius 3 is 2.70 bits per heavy atom. The van der Waals surface area contributed by atoms with E-state index >= 15 is 0 Å². The fourth-order valence-electron chi connectivity index (χ4n) is 2.63. The Balaban J connectivity index is 1.81. The summed E-state index contributed by atoms with van der Waals surface area (Å²) in [6, 6.07) is 5.58. The number of hydrogen-bond donors (Lipinski definition) is 1. The summed E-state index contributed by atoms with van der Waals surface area (Å²) in [5.74, 6) is -0.182. The second-order valence-electron chi connectivity index (χ2n) is 5.81. The molecule has 1 aromatic carbocycles. The SMILES string of the molecule is Cc1c(Cl)cccc1NC(=O)CCC(=O)N(C)C1CCOCC1. The van der Waals surface area contributed by atoms with Crippen molar-refractivity contribution >= 4 is 29.1 Å². The summed E-state index contributed by atoms with van der Waals surface area (Å²) < 4.78 is 5.30. The van der Waals surface area contributed by atoms with Gasteiger partial charge in [-0.3, -0.25) is 9.59 Å². The van der Waals surface area contributed by atoms with Crippen LogP contribution in [0.15, 0.2) is 18.2 Å². The van der Waals surface area contributed by atoms with E-state index in [0.29, 0.717) is 23.9 Å². The van der Waals surface area contributed by atoms with Crippen LogP contribution in [-0.4, -0.2) is 43.0 Å². The van der Waals surface area contributed by atoms with Gasteiger partial charge in [-0.1, -0.05) is 17.7 Å². The van der Waals surface area contributed by atoms with Gasteiger partial charge in [0.25, 0.3) is 0 Å². The maximum absolute atomic E-state index is 12.2. The highest BCUT2D eigenvalue weighted by atomic mass is 35.5. The first-order chi connectivity index (χ1) is 11.0. The molecule has 126 valence electrons. The van der Waals surface area contributed by atoms with Crippen molar-refractivity contribution < 1.29 is 14.3 Å². The Bertz CT molecular complexity index is 571. The molecule has 0 aliphatic carbocycles. The zero-order valence-electron chi connectivity index (χ0n) is 13.6. The lowest BCUT2D eigenvalue weighted by Crippen LogP contribution is -2.40. The second kappa shape index (κ2) is 8.31. The Morgan fingerprint density at radius 2 is 2.00 bits per heavy atom. The monoisotopic (exact) mass is 338 g/mol. The summed E-state index contributed by atoms with van der Waals surface area (Å²) in [5, 5.41) is 3.42. The highest BCUT2D eigenvalue weighted by Crippen LogP contribution is 2.23. The number of amides is 2. The molecule has 1 fully saturated rings. The molecule has 6 heteroatoms. The molecule has 2 rings (SSSR count). The van der Waals surface area contributed by atoms with Crippen molar-refractivity contribution in [1.82, 2.24) is 4.90 Å². The van der Waals surface area contributed by atoms with Crippen LogP contribution in [0.1, 0.15) is 31.2 Å². The smallest absolute Gasteiger partial charge is 0.224 e. The van der Waals surface area contributed by atoms with Gasteiger partial charge in [0, 0.05) is 49.9 Å². The van der Waals surface area contributed by atoms with Gasteiger partial charge in [-0.25, -0.2) is 0 Å². The van der Waals surface area contributed by atoms with E-state index in [1.807, 2.05) is 6.92 Å². The summed E-state index contributed by atoms with van der Waals surface area (Å²) in [7, 11) is 1.80. The number of nitrogens with zero attached hydrogens (tertiary/aromatic N) is 1. The Kier molecular flexibility index (Phi) is 6.42. The molecular weight excluding hydrogens is 316 g/mol. The van der Waals surface area contributed by atoms with E-state index in [1.54, 1.807) is 30.1 Å². The molecule has 0 aromatic heterocycles. The van der Waals surface area contributed by atoms with Crippen LogP contribution in [0.3, 0.4) is 0 Å². The fraction of sp³-hybridized carbons (Fsp3) is 0.529. The molecule has 0 unspecified atom stereocenters. The minimum Gasteiger partial charge on any atom is -0.381 e. The molecular formula is C17H23ClN2O3. The first-order valence-corrected chi connectivity index (χ1v) is 8.25. The normalized spacial score (nSPS) is 15.3. The minimum absolute atomic E-state index is 0.00475. The average molecular weight is 339 g/mol. The van der Waals surface area contributed by atoms with Gasteiger partial charge in [0.15, 0.2) is 0 Å². The van der Waals surface area contributed by atoms with Gasteiger partial charge < -0.3 is 15.0 Å². The standard InChI is InChI=1S/C17H23ClN2O3/c1-12-14(18)4-3-5-15(12)19-16(21)6-7-17(22)20(2)13-8-10-23-11-9-13/h3-5,13H,6-11H2,1-2H3,(H,19,21).